The first-order chi connectivity index (χ1) is 8.59. The van der Waals surface area contributed by atoms with E-state index in [2.05, 4.69) is 25.2 Å². The van der Waals surface area contributed by atoms with Crippen LogP contribution >= 0.6 is 0 Å². The molecule has 2 rings (SSSR count). The summed E-state index contributed by atoms with van der Waals surface area (Å²) in [6.45, 7) is 5.18. The average Bonchev–Trinajstić information content (AvgIpc) is 3.13. The standard InChI is InChI=1S/C15H23NO2/c1-10-11(2)14(18-5)12(8-13(10)17-4)15(6-7-15)9-16-3/h8,16H,6-7,9H2,1-5H3. The maximum Gasteiger partial charge on any atom is 0.126 e. The average molecular weight is 249 g/mol. The van der Waals surface area contributed by atoms with E-state index in [0.717, 1.165) is 18.0 Å². The molecule has 0 amide bonds. The van der Waals surface area contributed by atoms with Crippen LogP contribution in [0.4, 0.5) is 0 Å². The number of methoxy groups -OCH3 is 2. The van der Waals surface area contributed by atoms with Crippen LogP contribution in [0.5, 0.6) is 11.5 Å². The fourth-order valence-electron chi connectivity index (χ4n) is 2.76. The van der Waals surface area contributed by atoms with E-state index < -0.39 is 0 Å². The summed E-state index contributed by atoms with van der Waals surface area (Å²) in [7, 11) is 5.49. The fourth-order valence-corrected chi connectivity index (χ4v) is 2.76. The van der Waals surface area contributed by atoms with Crippen molar-refractivity contribution in [3.63, 3.8) is 0 Å². The van der Waals surface area contributed by atoms with Crippen LogP contribution in [0, 0.1) is 13.8 Å². The molecule has 1 aliphatic rings. The molecule has 1 fully saturated rings. The molecule has 0 spiro atoms. The van der Waals surface area contributed by atoms with E-state index in [1.807, 2.05) is 7.05 Å². The highest BCUT2D eigenvalue weighted by atomic mass is 16.5. The molecule has 1 aliphatic carbocycles. The van der Waals surface area contributed by atoms with Gasteiger partial charge >= 0.3 is 0 Å². The molecular formula is C15H23NO2. The predicted octanol–water partition coefficient (Wildman–Crippen LogP) is 2.57. The maximum atomic E-state index is 5.65. The van der Waals surface area contributed by atoms with Crippen molar-refractivity contribution in [3.05, 3.63) is 22.8 Å². The molecule has 1 aromatic carbocycles. The van der Waals surface area contributed by atoms with Crippen LogP contribution < -0.4 is 14.8 Å². The molecule has 0 aromatic heterocycles. The van der Waals surface area contributed by atoms with Crippen molar-refractivity contribution in [2.75, 3.05) is 27.8 Å². The van der Waals surface area contributed by atoms with Crippen LogP contribution in [0.25, 0.3) is 0 Å². The predicted molar refractivity (Wildman–Crippen MR) is 73.9 cm³/mol. The van der Waals surface area contributed by atoms with Crippen LogP contribution in [0.2, 0.25) is 0 Å². The van der Waals surface area contributed by atoms with Gasteiger partial charge in [-0.25, -0.2) is 0 Å². The molecule has 0 heterocycles. The molecular weight excluding hydrogens is 226 g/mol. The van der Waals surface area contributed by atoms with Gasteiger partial charge in [-0.15, -0.1) is 0 Å². The highest BCUT2D eigenvalue weighted by molar-refractivity contribution is 5.56. The van der Waals surface area contributed by atoms with Crippen LogP contribution in [-0.4, -0.2) is 27.8 Å². The SMILES string of the molecule is CNCC1(c2cc(OC)c(C)c(C)c2OC)CC1. The highest BCUT2D eigenvalue weighted by Crippen LogP contribution is 2.53. The summed E-state index contributed by atoms with van der Waals surface area (Å²) in [5.74, 6) is 1.99. The number of nitrogens with one attached hydrogen (secondary N) is 1. The third-order valence-electron chi connectivity index (χ3n) is 4.16. The molecule has 3 nitrogen and oxygen atoms in total. The zero-order valence-corrected chi connectivity index (χ0v) is 12.0. The minimum atomic E-state index is 0.242. The smallest absolute Gasteiger partial charge is 0.126 e. The maximum absolute atomic E-state index is 5.65. The third-order valence-corrected chi connectivity index (χ3v) is 4.16. The number of likely N-dealkylation sites (N-methyl/N-ethyl adjacent to an activating group) is 1. The van der Waals surface area contributed by atoms with Gasteiger partial charge in [-0.3, -0.25) is 0 Å². The Morgan fingerprint density at radius 3 is 2.28 bits per heavy atom. The van der Waals surface area contributed by atoms with E-state index in [0.29, 0.717) is 0 Å². The van der Waals surface area contributed by atoms with Crippen molar-refractivity contribution in [2.45, 2.75) is 32.1 Å². The number of hydrogen-bond donors (Lipinski definition) is 1. The van der Waals surface area contributed by atoms with E-state index >= 15 is 0 Å². The molecule has 18 heavy (non-hydrogen) atoms. The van der Waals surface area contributed by atoms with Gasteiger partial charge in [0.15, 0.2) is 0 Å². The van der Waals surface area contributed by atoms with Crippen molar-refractivity contribution in [1.82, 2.24) is 5.32 Å². The number of hydrogen-bond acceptors (Lipinski definition) is 3. The van der Waals surface area contributed by atoms with Gasteiger partial charge < -0.3 is 14.8 Å². The number of rotatable bonds is 5. The van der Waals surface area contributed by atoms with Gasteiger partial charge in [0.2, 0.25) is 0 Å². The van der Waals surface area contributed by atoms with E-state index in [-0.39, 0.29) is 5.41 Å². The Morgan fingerprint density at radius 1 is 1.17 bits per heavy atom. The molecule has 0 bridgehead atoms. The van der Waals surface area contributed by atoms with Gasteiger partial charge in [0.05, 0.1) is 14.2 Å². The Bertz CT molecular complexity index is 450. The summed E-state index contributed by atoms with van der Waals surface area (Å²) in [6, 6.07) is 2.16. The third kappa shape index (κ3) is 1.97. The van der Waals surface area contributed by atoms with Crippen molar-refractivity contribution in [2.24, 2.45) is 0 Å². The topological polar surface area (TPSA) is 30.5 Å². The molecule has 0 unspecified atom stereocenters. The van der Waals surface area contributed by atoms with Gasteiger partial charge in [0, 0.05) is 17.5 Å². The Balaban J connectivity index is 2.55. The molecule has 100 valence electrons. The molecule has 1 saturated carbocycles. The van der Waals surface area contributed by atoms with Gasteiger partial charge in [0.25, 0.3) is 0 Å². The minimum absolute atomic E-state index is 0.242. The summed E-state index contributed by atoms with van der Waals surface area (Å²) in [4.78, 5) is 0. The molecule has 1 aromatic rings. The second-order valence-corrected chi connectivity index (χ2v) is 5.22. The normalized spacial score (nSPS) is 16.5. The summed E-state index contributed by atoms with van der Waals surface area (Å²) < 4.78 is 11.1. The minimum Gasteiger partial charge on any atom is -0.496 e. The molecule has 0 radical (unpaired) electrons. The Kier molecular flexibility index (Phi) is 3.53. The first kappa shape index (κ1) is 13.2. The van der Waals surface area contributed by atoms with Crippen molar-refractivity contribution >= 4 is 0 Å². The zero-order chi connectivity index (χ0) is 13.3. The van der Waals surface area contributed by atoms with Crippen LogP contribution in [-0.2, 0) is 5.41 Å². The van der Waals surface area contributed by atoms with E-state index in [4.69, 9.17) is 9.47 Å². The van der Waals surface area contributed by atoms with Gasteiger partial charge in [-0.2, -0.15) is 0 Å². The van der Waals surface area contributed by atoms with Crippen LogP contribution in [0.15, 0.2) is 6.07 Å². The lowest BCUT2D eigenvalue weighted by Crippen LogP contribution is -2.24. The van der Waals surface area contributed by atoms with Crippen LogP contribution in [0.3, 0.4) is 0 Å². The molecule has 1 N–H and O–H groups in total. The number of benzene rings is 1. The molecule has 3 heteroatoms. The van der Waals surface area contributed by atoms with Crippen molar-refractivity contribution < 1.29 is 9.47 Å². The molecule has 0 aliphatic heterocycles. The zero-order valence-electron chi connectivity index (χ0n) is 12.0. The Morgan fingerprint density at radius 2 is 1.83 bits per heavy atom. The quantitative estimate of drug-likeness (QED) is 0.870. The van der Waals surface area contributed by atoms with E-state index in [1.165, 1.54) is 29.5 Å². The van der Waals surface area contributed by atoms with Gasteiger partial charge in [-0.05, 0) is 50.9 Å². The lowest BCUT2D eigenvalue weighted by Gasteiger charge is -2.23. The lowest BCUT2D eigenvalue weighted by molar-refractivity contribution is 0.387. The lowest BCUT2D eigenvalue weighted by atomic mass is 9.90. The molecule has 0 saturated heterocycles. The van der Waals surface area contributed by atoms with E-state index in [9.17, 15) is 0 Å². The van der Waals surface area contributed by atoms with Gasteiger partial charge in [0.1, 0.15) is 11.5 Å². The fraction of sp³-hybridized carbons (Fsp3) is 0.600. The summed E-state index contributed by atoms with van der Waals surface area (Å²) >= 11 is 0. The van der Waals surface area contributed by atoms with Crippen molar-refractivity contribution in [1.29, 1.82) is 0 Å². The summed E-state index contributed by atoms with van der Waals surface area (Å²) in [6.07, 6.45) is 2.44. The molecule has 0 atom stereocenters. The summed E-state index contributed by atoms with van der Waals surface area (Å²) in [5.41, 5.74) is 3.89. The Labute approximate surface area is 109 Å². The van der Waals surface area contributed by atoms with Gasteiger partial charge in [-0.1, -0.05) is 0 Å². The Hall–Kier alpha value is -1.22. The van der Waals surface area contributed by atoms with E-state index in [1.54, 1.807) is 14.2 Å². The van der Waals surface area contributed by atoms with Crippen LogP contribution in [0.1, 0.15) is 29.5 Å². The highest BCUT2D eigenvalue weighted by Gasteiger charge is 2.46. The first-order valence-corrected chi connectivity index (χ1v) is 6.47. The number of ether oxygens (including phenoxy) is 2. The summed E-state index contributed by atoms with van der Waals surface area (Å²) in [5, 5.41) is 3.30. The second kappa shape index (κ2) is 4.81. The first-order valence-electron chi connectivity index (χ1n) is 6.47. The monoisotopic (exact) mass is 249 g/mol. The second-order valence-electron chi connectivity index (χ2n) is 5.22. The largest absolute Gasteiger partial charge is 0.496 e. The van der Waals surface area contributed by atoms with Crippen molar-refractivity contribution in [3.8, 4) is 11.5 Å².